The average molecular weight is 315 g/mol. The van der Waals surface area contributed by atoms with Gasteiger partial charge < -0.3 is 4.74 Å². The summed E-state index contributed by atoms with van der Waals surface area (Å²) < 4.78 is 9.78. The van der Waals surface area contributed by atoms with Crippen LogP contribution < -0.4 is 0 Å². The average Bonchev–Trinajstić information content (AvgIpc) is 3.12. The van der Waals surface area contributed by atoms with Crippen LogP contribution in [0.15, 0.2) is 18.6 Å². The molecular weight excluding hydrogens is 290 g/mol. The van der Waals surface area contributed by atoms with E-state index in [2.05, 4.69) is 27.5 Å². The Morgan fingerprint density at radius 2 is 2.04 bits per heavy atom. The smallest absolute Gasteiger partial charge is 0.0736 e. The summed E-state index contributed by atoms with van der Waals surface area (Å²) in [7, 11) is 3.97. The molecular formula is C17H25N5O. The molecule has 2 aliphatic rings. The molecule has 1 unspecified atom stereocenters. The minimum atomic E-state index is 0.371. The van der Waals surface area contributed by atoms with Crippen molar-refractivity contribution < 1.29 is 4.74 Å². The van der Waals surface area contributed by atoms with Gasteiger partial charge in [-0.1, -0.05) is 0 Å². The van der Waals surface area contributed by atoms with Gasteiger partial charge in [-0.15, -0.1) is 0 Å². The zero-order valence-corrected chi connectivity index (χ0v) is 14.0. The van der Waals surface area contributed by atoms with E-state index in [9.17, 15) is 0 Å². The number of hydrogen-bond acceptors (Lipinski definition) is 4. The lowest BCUT2D eigenvalue weighted by atomic mass is 9.97. The van der Waals surface area contributed by atoms with Crippen molar-refractivity contribution in [3.8, 4) is 0 Å². The van der Waals surface area contributed by atoms with Crippen LogP contribution in [0.5, 0.6) is 0 Å². The van der Waals surface area contributed by atoms with Crippen LogP contribution in [-0.2, 0) is 31.9 Å². The number of ether oxygens (including phenoxy) is 1. The first kappa shape index (κ1) is 14.9. The Hall–Kier alpha value is -1.66. The Bertz CT molecular complexity index is 672. The molecule has 0 saturated heterocycles. The Kier molecular flexibility index (Phi) is 3.95. The second-order valence-electron chi connectivity index (χ2n) is 7.08. The maximum atomic E-state index is 5.97. The Labute approximate surface area is 137 Å². The van der Waals surface area contributed by atoms with Gasteiger partial charge in [0.2, 0.25) is 0 Å². The van der Waals surface area contributed by atoms with Crippen molar-refractivity contribution in [2.75, 3.05) is 19.8 Å². The molecule has 1 aliphatic heterocycles. The van der Waals surface area contributed by atoms with E-state index in [1.807, 2.05) is 29.7 Å². The zero-order chi connectivity index (χ0) is 15.8. The zero-order valence-electron chi connectivity index (χ0n) is 14.0. The summed E-state index contributed by atoms with van der Waals surface area (Å²) in [5.74, 6) is 1.18. The SMILES string of the molecule is Cn1cc(CN2Cc3cn(C)nc3C(COCC3CC3)C2)cn1. The van der Waals surface area contributed by atoms with Crippen molar-refractivity contribution in [3.63, 3.8) is 0 Å². The summed E-state index contributed by atoms with van der Waals surface area (Å²) in [5, 5.41) is 8.96. The molecule has 1 saturated carbocycles. The summed E-state index contributed by atoms with van der Waals surface area (Å²) in [6.07, 6.45) is 8.88. The summed E-state index contributed by atoms with van der Waals surface area (Å²) in [5.41, 5.74) is 3.82. The van der Waals surface area contributed by atoms with Gasteiger partial charge >= 0.3 is 0 Å². The number of aryl methyl sites for hydroxylation is 2. The summed E-state index contributed by atoms with van der Waals surface area (Å²) >= 11 is 0. The molecule has 2 aromatic heterocycles. The fourth-order valence-electron chi connectivity index (χ4n) is 3.45. The third kappa shape index (κ3) is 3.48. The molecule has 6 heteroatoms. The lowest BCUT2D eigenvalue weighted by Crippen LogP contribution is -2.34. The molecule has 4 rings (SSSR count). The highest BCUT2D eigenvalue weighted by molar-refractivity contribution is 5.25. The lowest BCUT2D eigenvalue weighted by Gasteiger charge is -2.31. The third-order valence-electron chi connectivity index (χ3n) is 4.73. The van der Waals surface area contributed by atoms with Crippen LogP contribution >= 0.6 is 0 Å². The van der Waals surface area contributed by atoms with Crippen molar-refractivity contribution in [1.82, 2.24) is 24.5 Å². The van der Waals surface area contributed by atoms with Gasteiger partial charge in [-0.3, -0.25) is 14.3 Å². The maximum Gasteiger partial charge on any atom is 0.0736 e. The molecule has 0 N–H and O–H groups in total. The second-order valence-corrected chi connectivity index (χ2v) is 7.08. The van der Waals surface area contributed by atoms with Gasteiger partial charge in [-0.2, -0.15) is 10.2 Å². The van der Waals surface area contributed by atoms with Crippen molar-refractivity contribution in [2.24, 2.45) is 20.0 Å². The van der Waals surface area contributed by atoms with Crippen LogP contribution in [0, 0.1) is 5.92 Å². The number of hydrogen-bond donors (Lipinski definition) is 0. The molecule has 0 radical (unpaired) electrons. The summed E-state index contributed by atoms with van der Waals surface area (Å²) in [6.45, 7) is 4.59. The fourth-order valence-corrected chi connectivity index (χ4v) is 3.45. The number of fused-ring (bicyclic) bond motifs is 1. The fraction of sp³-hybridized carbons (Fsp3) is 0.647. The lowest BCUT2D eigenvalue weighted by molar-refractivity contribution is 0.0881. The van der Waals surface area contributed by atoms with Crippen molar-refractivity contribution in [2.45, 2.75) is 31.8 Å². The van der Waals surface area contributed by atoms with Crippen LogP contribution in [0.1, 0.15) is 35.6 Å². The molecule has 3 heterocycles. The predicted molar refractivity (Wildman–Crippen MR) is 86.8 cm³/mol. The van der Waals surface area contributed by atoms with Gasteiger partial charge in [0, 0.05) is 69.8 Å². The molecule has 1 aliphatic carbocycles. The largest absolute Gasteiger partial charge is 0.380 e. The Morgan fingerprint density at radius 1 is 1.17 bits per heavy atom. The van der Waals surface area contributed by atoms with Crippen LogP contribution in [0.2, 0.25) is 0 Å². The maximum absolute atomic E-state index is 5.97. The Morgan fingerprint density at radius 3 is 2.78 bits per heavy atom. The van der Waals surface area contributed by atoms with E-state index in [0.29, 0.717) is 5.92 Å². The van der Waals surface area contributed by atoms with Crippen LogP contribution in [0.4, 0.5) is 0 Å². The summed E-state index contributed by atoms with van der Waals surface area (Å²) in [6, 6.07) is 0. The second kappa shape index (κ2) is 6.09. The normalized spacial score (nSPS) is 21.6. The standard InChI is InChI=1S/C17H25N5O/c1-20-6-14(5-18-20)7-22-9-15-8-21(2)19-17(15)16(10-22)12-23-11-13-3-4-13/h5-6,8,13,16H,3-4,7,9-12H2,1-2H3. The highest BCUT2D eigenvalue weighted by Crippen LogP contribution is 2.31. The van der Waals surface area contributed by atoms with Crippen molar-refractivity contribution in [3.05, 3.63) is 35.4 Å². The first-order valence-corrected chi connectivity index (χ1v) is 8.47. The first-order valence-electron chi connectivity index (χ1n) is 8.47. The van der Waals surface area contributed by atoms with Crippen molar-refractivity contribution in [1.29, 1.82) is 0 Å². The van der Waals surface area contributed by atoms with Gasteiger partial charge in [-0.05, 0) is 18.8 Å². The molecule has 0 amide bonds. The highest BCUT2D eigenvalue weighted by atomic mass is 16.5. The van der Waals surface area contributed by atoms with Crippen LogP contribution in [-0.4, -0.2) is 44.2 Å². The number of aromatic nitrogens is 4. The van der Waals surface area contributed by atoms with E-state index in [1.54, 1.807) is 0 Å². The van der Waals surface area contributed by atoms with Gasteiger partial charge in [-0.25, -0.2) is 0 Å². The van der Waals surface area contributed by atoms with Gasteiger partial charge in [0.15, 0.2) is 0 Å². The van der Waals surface area contributed by atoms with E-state index in [-0.39, 0.29) is 0 Å². The summed E-state index contributed by atoms with van der Waals surface area (Å²) in [4.78, 5) is 2.48. The van der Waals surface area contributed by atoms with E-state index >= 15 is 0 Å². The van der Waals surface area contributed by atoms with Crippen LogP contribution in [0.3, 0.4) is 0 Å². The molecule has 1 fully saturated rings. The number of nitrogens with zero attached hydrogens (tertiary/aromatic N) is 5. The molecule has 23 heavy (non-hydrogen) atoms. The van der Waals surface area contributed by atoms with E-state index in [4.69, 9.17) is 4.74 Å². The quantitative estimate of drug-likeness (QED) is 0.814. The van der Waals surface area contributed by atoms with Gasteiger partial charge in [0.05, 0.1) is 18.5 Å². The first-order chi connectivity index (χ1) is 11.2. The minimum absolute atomic E-state index is 0.371. The minimum Gasteiger partial charge on any atom is -0.380 e. The number of rotatable bonds is 6. The van der Waals surface area contributed by atoms with E-state index in [0.717, 1.165) is 38.8 Å². The third-order valence-corrected chi connectivity index (χ3v) is 4.73. The highest BCUT2D eigenvalue weighted by Gasteiger charge is 2.29. The van der Waals surface area contributed by atoms with Gasteiger partial charge in [0.1, 0.15) is 0 Å². The van der Waals surface area contributed by atoms with Crippen molar-refractivity contribution >= 4 is 0 Å². The molecule has 0 bridgehead atoms. The molecule has 1 atom stereocenters. The molecule has 2 aromatic rings. The van der Waals surface area contributed by atoms with E-state index < -0.39 is 0 Å². The molecule has 0 spiro atoms. The molecule has 124 valence electrons. The van der Waals surface area contributed by atoms with Crippen LogP contribution in [0.25, 0.3) is 0 Å². The topological polar surface area (TPSA) is 48.1 Å². The molecule has 6 nitrogen and oxygen atoms in total. The monoisotopic (exact) mass is 315 g/mol. The van der Waals surface area contributed by atoms with E-state index in [1.165, 1.54) is 29.7 Å². The molecule has 0 aromatic carbocycles. The van der Waals surface area contributed by atoms with Gasteiger partial charge in [0.25, 0.3) is 0 Å². The predicted octanol–water partition coefficient (Wildman–Crippen LogP) is 1.68. The Balaban J connectivity index is 1.45.